The molecule has 4 nitrogen and oxygen atoms in total. The van der Waals surface area contributed by atoms with Gasteiger partial charge in [0.05, 0.1) is 22.8 Å². The van der Waals surface area contributed by atoms with Gasteiger partial charge in [-0.15, -0.1) is 0 Å². The van der Waals surface area contributed by atoms with E-state index < -0.39 is 0 Å². The van der Waals surface area contributed by atoms with Crippen molar-refractivity contribution in [2.45, 2.75) is 26.7 Å². The first-order valence-electron chi connectivity index (χ1n) is 15.9. The zero-order valence-corrected chi connectivity index (χ0v) is 25.9. The summed E-state index contributed by atoms with van der Waals surface area (Å²) in [4.78, 5) is 4.91. The predicted octanol–water partition coefficient (Wildman–Crippen LogP) is 6.80. The Balaban J connectivity index is 0.975. The smallest absolute Gasteiger partial charge is 0.169 e. The molecule has 2 aliphatic carbocycles. The summed E-state index contributed by atoms with van der Waals surface area (Å²) in [5.74, 6) is 0. The first-order valence-corrected chi connectivity index (χ1v) is 15.9. The Morgan fingerprint density at radius 2 is 0.773 bits per heavy atom. The highest BCUT2D eigenvalue weighted by atomic mass is 15.3. The Labute approximate surface area is 259 Å². The summed E-state index contributed by atoms with van der Waals surface area (Å²) < 4.78 is 4.19. The summed E-state index contributed by atoms with van der Waals surface area (Å²) in [6.45, 7) is 6.51. The molecule has 4 heteroatoms. The molecule has 0 spiro atoms. The van der Waals surface area contributed by atoms with E-state index in [0.717, 1.165) is 25.9 Å². The van der Waals surface area contributed by atoms with E-state index >= 15 is 0 Å². The van der Waals surface area contributed by atoms with Crippen LogP contribution >= 0.6 is 0 Å². The molecule has 0 N–H and O–H groups in total. The van der Waals surface area contributed by atoms with Crippen LogP contribution in [0.1, 0.15) is 58.4 Å². The highest BCUT2D eigenvalue weighted by Crippen LogP contribution is 2.54. The van der Waals surface area contributed by atoms with E-state index in [9.17, 15) is 0 Å². The van der Waals surface area contributed by atoms with Crippen LogP contribution in [0, 0.1) is 0 Å². The number of rotatable bonds is 8. The van der Waals surface area contributed by atoms with Crippen molar-refractivity contribution >= 4 is 22.8 Å². The van der Waals surface area contributed by atoms with Crippen LogP contribution in [0.5, 0.6) is 0 Å². The zero-order chi connectivity index (χ0) is 29.7. The second kappa shape index (κ2) is 9.27. The second-order valence-corrected chi connectivity index (χ2v) is 12.6. The molecule has 0 bridgehead atoms. The van der Waals surface area contributed by atoms with Gasteiger partial charge in [0.1, 0.15) is 14.1 Å². The summed E-state index contributed by atoms with van der Waals surface area (Å²) in [5, 5.41) is 0. The van der Waals surface area contributed by atoms with Gasteiger partial charge in [0, 0.05) is 59.6 Å². The van der Waals surface area contributed by atoms with Gasteiger partial charge in [0.25, 0.3) is 0 Å². The maximum atomic E-state index is 2.46. The number of hydrogen-bond donors (Lipinski definition) is 0. The molecular weight excluding hydrogens is 536 g/mol. The van der Waals surface area contributed by atoms with Crippen molar-refractivity contribution in [3.05, 3.63) is 142 Å². The van der Waals surface area contributed by atoms with Crippen molar-refractivity contribution in [2.24, 2.45) is 14.1 Å². The number of aromatic nitrogens is 2. The molecule has 2 aliphatic heterocycles. The average Bonchev–Trinajstić information content (AvgIpc) is 3.87. The summed E-state index contributed by atoms with van der Waals surface area (Å²) >= 11 is 0. The van der Waals surface area contributed by atoms with Gasteiger partial charge in [-0.2, -0.15) is 0 Å². The summed E-state index contributed by atoms with van der Waals surface area (Å²) in [6.07, 6.45) is 10.7. The maximum Gasteiger partial charge on any atom is 0.169 e. The van der Waals surface area contributed by atoms with Crippen LogP contribution in [-0.4, -0.2) is 22.9 Å². The normalized spacial score (nSPS) is 15.5. The number of benzene rings is 3. The largest absolute Gasteiger partial charge is 0.337 e. The lowest BCUT2D eigenvalue weighted by Gasteiger charge is -2.07. The molecule has 44 heavy (non-hydrogen) atoms. The van der Waals surface area contributed by atoms with Gasteiger partial charge in [0.15, 0.2) is 24.8 Å². The molecule has 0 saturated carbocycles. The molecule has 2 aromatic heterocycles. The van der Waals surface area contributed by atoms with Crippen LogP contribution in [0.25, 0.3) is 45.0 Å². The van der Waals surface area contributed by atoms with Crippen molar-refractivity contribution in [3.63, 3.8) is 0 Å². The zero-order valence-electron chi connectivity index (χ0n) is 25.9. The van der Waals surface area contributed by atoms with Gasteiger partial charge >= 0.3 is 0 Å². The Kier molecular flexibility index (Phi) is 5.38. The van der Waals surface area contributed by atoms with E-state index in [1.165, 1.54) is 89.5 Å². The predicted molar refractivity (Wildman–Crippen MR) is 177 cm³/mol. The molecule has 0 amide bonds. The Hall–Kier alpha value is -4.96. The second-order valence-electron chi connectivity index (χ2n) is 12.6. The summed E-state index contributed by atoms with van der Waals surface area (Å²) in [7, 11) is 4.14. The minimum Gasteiger partial charge on any atom is -0.337 e. The molecule has 0 unspecified atom stereocenters. The Morgan fingerprint density at radius 1 is 0.432 bits per heavy atom. The topological polar surface area (TPSA) is 13.8 Å². The summed E-state index contributed by atoms with van der Waals surface area (Å²) in [6, 6.07) is 27.6. The monoisotopic (exact) mass is 572 g/mol. The number of hydrogen-bond acceptors (Lipinski definition) is 2. The minimum absolute atomic E-state index is 1.01. The summed E-state index contributed by atoms with van der Waals surface area (Å²) in [5.41, 5.74) is 22.6. The number of aryl methyl sites for hydroxylation is 2. The molecule has 0 saturated heterocycles. The molecule has 4 aliphatic rings. The van der Waals surface area contributed by atoms with Gasteiger partial charge in [0.2, 0.25) is 0 Å². The van der Waals surface area contributed by atoms with E-state index in [1.54, 1.807) is 0 Å². The van der Waals surface area contributed by atoms with E-state index in [0.29, 0.717) is 0 Å². The fourth-order valence-electron chi connectivity index (χ4n) is 7.32. The lowest BCUT2D eigenvalue weighted by Crippen LogP contribution is -2.25. The fraction of sp³-hybridized carbons (Fsp3) is 0.200. The van der Waals surface area contributed by atoms with Gasteiger partial charge in [-0.25, -0.2) is 9.13 Å². The number of nitrogens with zero attached hydrogens (tertiary/aromatic N) is 4. The SMILES string of the molecule is CCN1C(c2cc[n+](C)cc2)=C1c1ccc(-c2ccc(-c3ccc(C4=C(c5cc[n+](C)cc5)N4CC)c4c3C4)cc2)c2c1C2. The van der Waals surface area contributed by atoms with E-state index in [-0.39, 0.29) is 0 Å². The molecule has 0 radical (unpaired) electrons. The molecule has 3 aromatic carbocycles. The first-order chi connectivity index (χ1) is 21.6. The third kappa shape index (κ3) is 3.90. The van der Waals surface area contributed by atoms with E-state index in [2.05, 4.69) is 144 Å². The van der Waals surface area contributed by atoms with Crippen LogP contribution < -0.4 is 9.13 Å². The van der Waals surface area contributed by atoms with Crippen LogP contribution in [0.15, 0.2) is 97.6 Å². The number of fused-ring (bicyclic) bond motifs is 2. The Morgan fingerprint density at radius 3 is 1.14 bits per heavy atom. The van der Waals surface area contributed by atoms with Crippen LogP contribution in [0.4, 0.5) is 0 Å². The van der Waals surface area contributed by atoms with Crippen molar-refractivity contribution in [2.75, 3.05) is 13.1 Å². The Bertz CT molecular complexity index is 1930. The van der Waals surface area contributed by atoms with Crippen molar-refractivity contribution in [3.8, 4) is 22.3 Å². The highest BCUT2D eigenvalue weighted by molar-refractivity contribution is 6.07. The van der Waals surface area contributed by atoms with E-state index in [4.69, 9.17) is 0 Å². The first kappa shape index (κ1) is 25.5. The molecule has 0 atom stereocenters. The lowest BCUT2D eigenvalue weighted by molar-refractivity contribution is -0.671. The molecule has 9 rings (SSSR count). The van der Waals surface area contributed by atoms with Gasteiger partial charge in [-0.05, 0) is 71.2 Å². The number of pyridine rings is 2. The molecule has 214 valence electrons. The maximum absolute atomic E-state index is 2.46. The van der Waals surface area contributed by atoms with Gasteiger partial charge in [-0.3, -0.25) is 0 Å². The van der Waals surface area contributed by atoms with E-state index in [1.807, 2.05) is 0 Å². The molecule has 5 aromatic rings. The third-order valence-electron chi connectivity index (χ3n) is 9.90. The van der Waals surface area contributed by atoms with Crippen LogP contribution in [-0.2, 0) is 26.9 Å². The quantitative estimate of drug-likeness (QED) is 0.186. The lowest BCUT2D eigenvalue weighted by atomic mass is 9.98. The molecular formula is C40H36N4+2. The molecule has 4 heterocycles. The standard InChI is InChI=1S/C40H36N4/c1-5-43-37(27-15-19-41(3)20-16-27)39(43)31-13-11-29(33-23-35(31)33)25-7-9-26(10-8-25)30-12-14-32(36-24-34(30)36)40-38(44(40)6-2)28-17-21-42(4)22-18-28/h7-22H,5-6,23-24H2,1-4H3/q+2. The van der Waals surface area contributed by atoms with Gasteiger partial charge in [-0.1, -0.05) is 48.5 Å². The highest BCUT2D eigenvalue weighted by Gasteiger charge is 2.40. The van der Waals surface area contributed by atoms with Gasteiger partial charge < -0.3 is 9.80 Å². The molecule has 0 fully saturated rings. The van der Waals surface area contributed by atoms with Crippen molar-refractivity contribution in [1.82, 2.24) is 9.80 Å². The fourth-order valence-corrected chi connectivity index (χ4v) is 7.32. The van der Waals surface area contributed by atoms with Crippen molar-refractivity contribution < 1.29 is 9.13 Å². The van der Waals surface area contributed by atoms with Crippen LogP contribution in [0.2, 0.25) is 0 Å². The van der Waals surface area contributed by atoms with Crippen LogP contribution in [0.3, 0.4) is 0 Å². The minimum atomic E-state index is 1.01. The third-order valence-corrected chi connectivity index (χ3v) is 9.90. The average molecular weight is 573 g/mol. The van der Waals surface area contributed by atoms with Crippen molar-refractivity contribution in [1.29, 1.82) is 0 Å².